The summed E-state index contributed by atoms with van der Waals surface area (Å²) >= 11 is 1.30. The van der Waals surface area contributed by atoms with Gasteiger partial charge in [-0.15, -0.1) is 11.3 Å². The molecule has 0 bridgehead atoms. The zero-order valence-electron chi connectivity index (χ0n) is 18.6. The maximum atomic E-state index is 13.4. The van der Waals surface area contributed by atoms with Gasteiger partial charge < -0.3 is 28.5 Å². The number of furan rings is 2. The number of ether oxygens (including phenoxy) is 2. The van der Waals surface area contributed by atoms with Gasteiger partial charge in [-0.3, -0.25) is 9.59 Å². The van der Waals surface area contributed by atoms with E-state index in [2.05, 4.69) is 10.3 Å². The molecule has 9 nitrogen and oxygen atoms in total. The number of amides is 2. The summed E-state index contributed by atoms with van der Waals surface area (Å²) in [6, 6.07) is 12.1. The molecule has 4 rings (SSSR count). The van der Waals surface area contributed by atoms with E-state index in [-0.39, 0.29) is 37.1 Å². The Balaban J connectivity index is 1.52. The van der Waals surface area contributed by atoms with Crippen molar-refractivity contribution in [3.63, 3.8) is 0 Å². The summed E-state index contributed by atoms with van der Waals surface area (Å²) in [5.41, 5.74) is 0.677. The van der Waals surface area contributed by atoms with Gasteiger partial charge in [0.05, 0.1) is 46.4 Å². The minimum Gasteiger partial charge on any atom is -0.497 e. The lowest BCUT2D eigenvalue weighted by Crippen LogP contribution is -2.30. The van der Waals surface area contributed by atoms with E-state index in [0.29, 0.717) is 33.6 Å². The van der Waals surface area contributed by atoms with Crippen molar-refractivity contribution in [1.29, 1.82) is 0 Å². The van der Waals surface area contributed by atoms with Crippen LogP contribution in [0.15, 0.2) is 69.2 Å². The second kappa shape index (κ2) is 10.7. The van der Waals surface area contributed by atoms with Gasteiger partial charge in [0.15, 0.2) is 0 Å². The average molecular weight is 482 g/mol. The molecule has 0 fully saturated rings. The van der Waals surface area contributed by atoms with Gasteiger partial charge in [-0.05, 0) is 36.4 Å². The third-order valence-electron chi connectivity index (χ3n) is 4.93. The lowest BCUT2D eigenvalue weighted by molar-refractivity contribution is 0.0716. The van der Waals surface area contributed by atoms with Crippen molar-refractivity contribution in [3.8, 4) is 11.5 Å². The molecule has 3 heterocycles. The summed E-state index contributed by atoms with van der Waals surface area (Å²) in [5, 5.41) is 5.04. The van der Waals surface area contributed by atoms with E-state index in [1.54, 1.807) is 65.3 Å². The highest BCUT2D eigenvalue weighted by Gasteiger charge is 2.22. The van der Waals surface area contributed by atoms with E-state index in [9.17, 15) is 9.59 Å². The summed E-state index contributed by atoms with van der Waals surface area (Å²) in [5.74, 6) is 1.70. The molecule has 176 valence electrons. The van der Waals surface area contributed by atoms with E-state index in [0.717, 1.165) is 0 Å². The molecular formula is C24H23N3O6S. The first-order chi connectivity index (χ1) is 16.6. The number of hydrogen-bond acceptors (Lipinski definition) is 8. The fraction of sp³-hybridized carbons (Fsp3) is 0.208. The van der Waals surface area contributed by atoms with Crippen LogP contribution in [0.2, 0.25) is 0 Å². The van der Waals surface area contributed by atoms with Gasteiger partial charge in [0.25, 0.3) is 11.8 Å². The number of nitrogens with zero attached hydrogens (tertiary/aromatic N) is 2. The van der Waals surface area contributed by atoms with Gasteiger partial charge in [-0.1, -0.05) is 0 Å². The predicted octanol–water partition coefficient (Wildman–Crippen LogP) is 4.12. The Hall–Kier alpha value is -4.05. The number of carbonyl (C=O) groups is 2. The Bertz CT molecular complexity index is 1210. The minimum absolute atomic E-state index is 0.190. The topological polar surface area (TPSA) is 107 Å². The Kier molecular flexibility index (Phi) is 7.28. The first-order valence-corrected chi connectivity index (χ1v) is 11.2. The zero-order valence-corrected chi connectivity index (χ0v) is 19.5. The summed E-state index contributed by atoms with van der Waals surface area (Å²) in [6.07, 6.45) is 3.10. The summed E-state index contributed by atoms with van der Waals surface area (Å²) in [7, 11) is 3.05. The van der Waals surface area contributed by atoms with Crippen molar-refractivity contribution >= 4 is 23.2 Å². The van der Waals surface area contributed by atoms with Crippen LogP contribution >= 0.6 is 11.3 Å². The first kappa shape index (κ1) is 23.1. The zero-order chi connectivity index (χ0) is 23.9. The molecule has 1 aromatic carbocycles. The molecule has 4 aromatic rings. The van der Waals surface area contributed by atoms with Crippen LogP contribution in [0.25, 0.3) is 0 Å². The molecule has 0 spiro atoms. The molecule has 0 atom stereocenters. The van der Waals surface area contributed by atoms with Crippen LogP contribution in [-0.4, -0.2) is 35.9 Å². The number of nitrogens with one attached hydrogen (secondary N) is 1. The minimum atomic E-state index is -0.319. The smallest absolute Gasteiger partial charge is 0.271 e. The third kappa shape index (κ3) is 5.65. The molecule has 0 saturated carbocycles. The quantitative estimate of drug-likeness (QED) is 0.363. The van der Waals surface area contributed by atoms with E-state index in [4.69, 9.17) is 18.3 Å². The van der Waals surface area contributed by atoms with Crippen LogP contribution in [0.3, 0.4) is 0 Å². The monoisotopic (exact) mass is 481 g/mol. The fourth-order valence-electron chi connectivity index (χ4n) is 3.23. The summed E-state index contributed by atoms with van der Waals surface area (Å²) in [4.78, 5) is 31.9. The van der Waals surface area contributed by atoms with Crippen molar-refractivity contribution < 1.29 is 27.9 Å². The maximum Gasteiger partial charge on any atom is 0.271 e. The van der Waals surface area contributed by atoms with Crippen LogP contribution in [-0.2, 0) is 19.6 Å². The van der Waals surface area contributed by atoms with E-state index in [1.807, 2.05) is 0 Å². The second-order valence-corrected chi connectivity index (χ2v) is 8.17. The Labute approximate surface area is 199 Å². The molecule has 0 aliphatic carbocycles. The summed E-state index contributed by atoms with van der Waals surface area (Å²) < 4.78 is 21.3. The highest BCUT2D eigenvalue weighted by molar-refractivity contribution is 7.09. The Morgan fingerprint density at radius 1 is 1.00 bits per heavy atom. The van der Waals surface area contributed by atoms with Gasteiger partial charge in [0.2, 0.25) is 0 Å². The summed E-state index contributed by atoms with van der Waals surface area (Å²) in [6.45, 7) is 0.680. The van der Waals surface area contributed by atoms with Gasteiger partial charge >= 0.3 is 0 Å². The van der Waals surface area contributed by atoms with Gasteiger partial charge in [-0.2, -0.15) is 0 Å². The lowest BCUT2D eigenvalue weighted by Gasteiger charge is -2.21. The van der Waals surface area contributed by atoms with Gasteiger partial charge in [0.1, 0.15) is 33.7 Å². The molecule has 0 aliphatic heterocycles. The highest BCUT2D eigenvalue weighted by atomic mass is 32.1. The van der Waals surface area contributed by atoms with Crippen molar-refractivity contribution in [3.05, 3.63) is 88.2 Å². The number of thiazole rings is 1. The molecule has 0 saturated heterocycles. The number of benzene rings is 1. The number of rotatable bonds is 10. The fourth-order valence-corrected chi connectivity index (χ4v) is 4.01. The molecule has 0 aliphatic rings. The maximum absolute atomic E-state index is 13.4. The third-order valence-corrected chi connectivity index (χ3v) is 5.76. The van der Waals surface area contributed by atoms with Gasteiger partial charge in [0, 0.05) is 17.0 Å². The number of methoxy groups -OCH3 is 2. The molecule has 1 N–H and O–H groups in total. The second-order valence-electron chi connectivity index (χ2n) is 7.23. The number of aromatic nitrogens is 1. The molecule has 3 aromatic heterocycles. The molecule has 0 unspecified atom stereocenters. The van der Waals surface area contributed by atoms with E-state index >= 15 is 0 Å². The van der Waals surface area contributed by atoms with Crippen molar-refractivity contribution in [2.24, 2.45) is 0 Å². The molecular weight excluding hydrogens is 458 g/mol. The lowest BCUT2D eigenvalue weighted by atomic mass is 10.1. The normalized spacial score (nSPS) is 10.6. The molecule has 0 radical (unpaired) electrons. The van der Waals surface area contributed by atoms with Crippen molar-refractivity contribution in [2.75, 3.05) is 14.2 Å². The average Bonchev–Trinajstić information content (AvgIpc) is 3.64. The van der Waals surface area contributed by atoms with Crippen molar-refractivity contribution in [1.82, 2.24) is 15.2 Å². The first-order valence-electron chi connectivity index (χ1n) is 10.4. The molecule has 10 heteroatoms. The highest BCUT2D eigenvalue weighted by Crippen LogP contribution is 2.25. The van der Waals surface area contributed by atoms with Crippen LogP contribution in [0, 0.1) is 0 Å². The largest absolute Gasteiger partial charge is 0.497 e. The standard InChI is InChI=1S/C24H23N3O6S/c1-30-19-9-16(10-20(11-19)31-2)24(29)27(13-18-6-4-8-33-18)14-22-26-21(15-34-22)23(28)25-12-17-5-3-7-32-17/h3-11,15H,12-14H2,1-2H3,(H,25,28). The molecule has 2 amide bonds. The van der Waals surface area contributed by atoms with Crippen molar-refractivity contribution in [2.45, 2.75) is 19.6 Å². The van der Waals surface area contributed by atoms with E-state index in [1.165, 1.54) is 25.6 Å². The van der Waals surface area contributed by atoms with Crippen LogP contribution in [0.5, 0.6) is 11.5 Å². The predicted molar refractivity (Wildman–Crippen MR) is 124 cm³/mol. The Morgan fingerprint density at radius 3 is 2.29 bits per heavy atom. The Morgan fingerprint density at radius 2 is 1.68 bits per heavy atom. The molecule has 34 heavy (non-hydrogen) atoms. The number of carbonyl (C=O) groups excluding carboxylic acids is 2. The SMILES string of the molecule is COc1cc(OC)cc(C(=O)N(Cc2ccco2)Cc2nc(C(=O)NCc3ccco3)cs2)c1. The van der Waals surface area contributed by atoms with E-state index < -0.39 is 0 Å². The van der Waals surface area contributed by atoms with Crippen LogP contribution < -0.4 is 14.8 Å². The number of hydrogen-bond donors (Lipinski definition) is 1. The van der Waals surface area contributed by atoms with Crippen LogP contribution in [0.1, 0.15) is 37.4 Å². The van der Waals surface area contributed by atoms with Gasteiger partial charge in [-0.25, -0.2) is 4.98 Å². The van der Waals surface area contributed by atoms with Crippen LogP contribution in [0.4, 0.5) is 0 Å².